The van der Waals surface area contributed by atoms with Gasteiger partial charge in [0.1, 0.15) is 0 Å². The average Bonchev–Trinajstić information content (AvgIpc) is 2.69. The molecule has 1 saturated carbocycles. The minimum Gasteiger partial charge on any atom is -0.373 e. The highest BCUT2D eigenvalue weighted by molar-refractivity contribution is 5.83. The molecule has 0 spiro atoms. The van der Waals surface area contributed by atoms with Gasteiger partial charge in [-0.3, -0.25) is 4.79 Å². The van der Waals surface area contributed by atoms with Gasteiger partial charge in [0, 0.05) is 11.3 Å². The van der Waals surface area contributed by atoms with Gasteiger partial charge in [0.15, 0.2) is 0 Å². The van der Waals surface area contributed by atoms with Gasteiger partial charge in [-0.05, 0) is 20.3 Å². The van der Waals surface area contributed by atoms with Crippen molar-refractivity contribution in [3.63, 3.8) is 0 Å². The molecule has 1 heterocycles. The lowest BCUT2D eigenvalue weighted by atomic mass is 9.91. The molecular formula is C12H21NO2. The Morgan fingerprint density at radius 2 is 2.00 bits per heavy atom. The number of amides is 1. The van der Waals surface area contributed by atoms with Crippen molar-refractivity contribution >= 4 is 5.91 Å². The normalized spacial score (nSPS) is 37.3. The highest BCUT2D eigenvalue weighted by Crippen LogP contribution is 2.57. The Hall–Kier alpha value is -0.570. The predicted molar refractivity (Wildman–Crippen MR) is 58.5 cm³/mol. The number of hydrogen-bond acceptors (Lipinski definition) is 2. The van der Waals surface area contributed by atoms with E-state index in [0.29, 0.717) is 5.92 Å². The molecule has 0 aromatic carbocycles. The van der Waals surface area contributed by atoms with E-state index < -0.39 is 0 Å². The van der Waals surface area contributed by atoms with Crippen molar-refractivity contribution in [3.8, 4) is 0 Å². The van der Waals surface area contributed by atoms with Crippen molar-refractivity contribution in [2.45, 2.75) is 52.2 Å². The lowest BCUT2D eigenvalue weighted by Gasteiger charge is -2.33. The first-order chi connectivity index (χ1) is 6.69. The molecule has 2 atom stereocenters. The summed E-state index contributed by atoms with van der Waals surface area (Å²) >= 11 is 0. The summed E-state index contributed by atoms with van der Waals surface area (Å²) in [5.41, 5.74) is -0.615. The van der Waals surface area contributed by atoms with E-state index in [1.807, 2.05) is 20.8 Å². The largest absolute Gasteiger partial charge is 0.373 e. The third-order valence-electron chi connectivity index (χ3n) is 3.84. The molecule has 1 aliphatic heterocycles. The minimum atomic E-state index is -0.319. The van der Waals surface area contributed by atoms with Crippen LogP contribution >= 0.6 is 0 Å². The van der Waals surface area contributed by atoms with Crippen molar-refractivity contribution in [1.29, 1.82) is 0 Å². The quantitative estimate of drug-likeness (QED) is 0.717. The molecule has 2 aliphatic rings. The summed E-state index contributed by atoms with van der Waals surface area (Å²) in [5.74, 6) is 0.655. The van der Waals surface area contributed by atoms with Gasteiger partial charge in [-0.15, -0.1) is 0 Å². The van der Waals surface area contributed by atoms with Gasteiger partial charge >= 0.3 is 0 Å². The first-order valence-electron chi connectivity index (χ1n) is 5.66. The van der Waals surface area contributed by atoms with E-state index in [4.69, 9.17) is 4.74 Å². The van der Waals surface area contributed by atoms with Crippen LogP contribution in [0.5, 0.6) is 0 Å². The summed E-state index contributed by atoms with van der Waals surface area (Å²) in [6.07, 6.45) is 1.07. The molecule has 86 valence electrons. The van der Waals surface area contributed by atoms with Crippen LogP contribution in [0.3, 0.4) is 0 Å². The van der Waals surface area contributed by atoms with Crippen molar-refractivity contribution in [2.75, 3.05) is 6.61 Å². The maximum absolute atomic E-state index is 12.0. The van der Waals surface area contributed by atoms with Gasteiger partial charge in [-0.25, -0.2) is 0 Å². The first kappa shape index (κ1) is 10.9. The molecule has 2 unspecified atom stereocenters. The number of ether oxygens (including phenoxy) is 1. The lowest BCUT2D eigenvalue weighted by Crippen LogP contribution is -2.53. The molecule has 15 heavy (non-hydrogen) atoms. The monoisotopic (exact) mass is 211 g/mol. The van der Waals surface area contributed by atoms with E-state index >= 15 is 0 Å². The van der Waals surface area contributed by atoms with Crippen molar-refractivity contribution < 1.29 is 9.53 Å². The standard InChI is InChI=1S/C12H21NO2/c1-10(2,3)9(14)13-12-6-8(12)7-15-11(12,4)5/h8H,6-7H2,1-5H3,(H,13,14). The molecule has 0 aromatic heterocycles. The summed E-state index contributed by atoms with van der Waals surface area (Å²) in [4.78, 5) is 12.0. The van der Waals surface area contributed by atoms with Crippen molar-refractivity contribution in [3.05, 3.63) is 0 Å². The molecule has 1 amide bonds. The SMILES string of the molecule is CC(C)(C)C(=O)NC12CC1COC2(C)C. The molecule has 1 N–H and O–H groups in total. The topological polar surface area (TPSA) is 38.3 Å². The van der Waals surface area contributed by atoms with Crippen LogP contribution in [0.4, 0.5) is 0 Å². The third kappa shape index (κ3) is 1.48. The molecule has 2 rings (SSSR count). The fourth-order valence-corrected chi connectivity index (χ4v) is 2.40. The van der Waals surface area contributed by atoms with Gasteiger partial charge in [-0.1, -0.05) is 20.8 Å². The molecule has 0 radical (unpaired) electrons. The van der Waals surface area contributed by atoms with Crippen LogP contribution in [0.2, 0.25) is 0 Å². The second kappa shape index (κ2) is 2.76. The van der Waals surface area contributed by atoms with Crippen LogP contribution in [0.25, 0.3) is 0 Å². The molecule has 3 heteroatoms. The fourth-order valence-electron chi connectivity index (χ4n) is 2.40. The molecule has 1 aliphatic carbocycles. The molecule has 3 nitrogen and oxygen atoms in total. The highest BCUT2D eigenvalue weighted by Gasteiger charge is 2.69. The number of nitrogens with one attached hydrogen (secondary N) is 1. The Labute approximate surface area is 91.6 Å². The van der Waals surface area contributed by atoms with Crippen LogP contribution in [-0.4, -0.2) is 23.7 Å². The highest BCUT2D eigenvalue weighted by atomic mass is 16.5. The zero-order valence-corrected chi connectivity index (χ0v) is 10.3. The van der Waals surface area contributed by atoms with Crippen LogP contribution in [0, 0.1) is 11.3 Å². The third-order valence-corrected chi connectivity index (χ3v) is 3.84. The van der Waals surface area contributed by atoms with E-state index in [1.54, 1.807) is 0 Å². The summed E-state index contributed by atoms with van der Waals surface area (Å²) in [6, 6.07) is 0. The van der Waals surface area contributed by atoms with E-state index in [2.05, 4.69) is 19.2 Å². The van der Waals surface area contributed by atoms with E-state index in [9.17, 15) is 4.79 Å². The zero-order valence-electron chi connectivity index (χ0n) is 10.3. The molecule has 0 bridgehead atoms. The van der Waals surface area contributed by atoms with E-state index in [0.717, 1.165) is 13.0 Å². The van der Waals surface area contributed by atoms with Crippen LogP contribution in [0.15, 0.2) is 0 Å². The number of carbonyl (C=O) groups excluding carboxylic acids is 1. The van der Waals surface area contributed by atoms with Crippen LogP contribution in [-0.2, 0) is 9.53 Å². The molecule has 0 aromatic rings. The van der Waals surface area contributed by atoms with Crippen LogP contribution < -0.4 is 5.32 Å². The predicted octanol–water partition coefficient (Wildman–Crippen LogP) is 1.72. The van der Waals surface area contributed by atoms with E-state index in [1.165, 1.54) is 0 Å². The molecular weight excluding hydrogens is 190 g/mol. The summed E-state index contributed by atoms with van der Waals surface area (Å²) in [5, 5.41) is 3.20. The number of carbonyl (C=O) groups is 1. The summed E-state index contributed by atoms with van der Waals surface area (Å²) in [6.45, 7) is 10.8. The van der Waals surface area contributed by atoms with Gasteiger partial charge < -0.3 is 10.1 Å². The Morgan fingerprint density at radius 1 is 1.40 bits per heavy atom. The van der Waals surface area contributed by atoms with E-state index in [-0.39, 0.29) is 22.5 Å². The summed E-state index contributed by atoms with van der Waals surface area (Å²) < 4.78 is 5.70. The maximum atomic E-state index is 12.0. The van der Waals surface area contributed by atoms with Gasteiger partial charge in [0.05, 0.1) is 17.7 Å². The Morgan fingerprint density at radius 3 is 2.33 bits per heavy atom. The lowest BCUT2D eigenvalue weighted by molar-refractivity contribution is -0.131. The number of rotatable bonds is 1. The second-order valence-corrected chi connectivity index (χ2v) is 6.40. The fraction of sp³-hybridized carbons (Fsp3) is 0.917. The molecule has 1 saturated heterocycles. The Kier molecular flexibility index (Phi) is 2.01. The average molecular weight is 211 g/mol. The first-order valence-corrected chi connectivity index (χ1v) is 5.66. The Bertz CT molecular complexity index is 303. The summed E-state index contributed by atoms with van der Waals surface area (Å²) in [7, 11) is 0. The van der Waals surface area contributed by atoms with Gasteiger partial charge in [0.25, 0.3) is 0 Å². The van der Waals surface area contributed by atoms with Gasteiger partial charge in [-0.2, -0.15) is 0 Å². The second-order valence-electron chi connectivity index (χ2n) is 6.40. The number of fused-ring (bicyclic) bond motifs is 1. The zero-order chi connectivity index (χ0) is 11.5. The van der Waals surface area contributed by atoms with Crippen molar-refractivity contribution in [2.24, 2.45) is 11.3 Å². The van der Waals surface area contributed by atoms with Crippen LogP contribution in [0.1, 0.15) is 41.0 Å². The minimum absolute atomic E-state index is 0.0859. The van der Waals surface area contributed by atoms with Crippen molar-refractivity contribution in [1.82, 2.24) is 5.32 Å². The molecule has 2 fully saturated rings. The van der Waals surface area contributed by atoms with Gasteiger partial charge in [0.2, 0.25) is 5.91 Å². The Balaban J connectivity index is 2.11. The smallest absolute Gasteiger partial charge is 0.225 e. The maximum Gasteiger partial charge on any atom is 0.225 e. The number of hydrogen-bond donors (Lipinski definition) is 1.